The van der Waals surface area contributed by atoms with Crippen molar-refractivity contribution in [3.05, 3.63) is 59.9 Å². The molecule has 0 aliphatic heterocycles. The lowest BCUT2D eigenvalue weighted by Crippen LogP contribution is -2.04. The molecule has 0 atom stereocenters. The van der Waals surface area contributed by atoms with Crippen molar-refractivity contribution in [1.29, 1.82) is 0 Å². The van der Waals surface area contributed by atoms with E-state index in [4.69, 9.17) is 4.74 Å². The Labute approximate surface area is 89.9 Å². The summed E-state index contributed by atoms with van der Waals surface area (Å²) in [5, 5.41) is 0. The molecule has 0 aliphatic carbocycles. The third kappa shape index (κ3) is 3.09. The van der Waals surface area contributed by atoms with Crippen LogP contribution >= 0.6 is 0 Å². The van der Waals surface area contributed by atoms with Gasteiger partial charge >= 0.3 is 5.97 Å². The molecule has 2 nitrogen and oxygen atoms in total. The van der Waals surface area contributed by atoms with Gasteiger partial charge in [-0.2, -0.15) is 0 Å². The Morgan fingerprint density at radius 3 is 2.47 bits per heavy atom. The first kappa shape index (κ1) is 11.2. The molecule has 0 unspecified atom stereocenters. The highest BCUT2D eigenvalue weighted by Crippen LogP contribution is 2.11. The van der Waals surface area contributed by atoms with Crippen LogP contribution in [0.5, 0.6) is 0 Å². The summed E-state index contributed by atoms with van der Waals surface area (Å²) in [6.07, 6.45) is 1.85. The Kier molecular flexibility index (Phi) is 3.86. The van der Waals surface area contributed by atoms with Crippen LogP contribution in [0.25, 0.3) is 0 Å². The topological polar surface area (TPSA) is 26.3 Å². The van der Waals surface area contributed by atoms with Crippen molar-refractivity contribution in [3.63, 3.8) is 0 Å². The Hall–Kier alpha value is -1.83. The number of carbonyl (C=O) groups is 1. The summed E-state index contributed by atoms with van der Waals surface area (Å²) in [5.74, 6) is 0.0214. The summed E-state index contributed by atoms with van der Waals surface area (Å²) < 4.78 is 5.09. The van der Waals surface area contributed by atoms with E-state index >= 15 is 0 Å². The number of carbonyl (C=O) groups excluding carboxylic acids is 1. The molecule has 1 aromatic carbocycles. The largest absolute Gasteiger partial charge is 0.423 e. The summed E-state index contributed by atoms with van der Waals surface area (Å²) >= 11 is 0. The first-order valence-corrected chi connectivity index (χ1v) is 4.74. The number of allylic oxidation sites excluding steroid dienone is 2. The number of rotatable bonds is 3. The highest BCUT2D eigenvalue weighted by molar-refractivity contribution is 5.90. The van der Waals surface area contributed by atoms with Crippen LogP contribution < -0.4 is 0 Å². The van der Waals surface area contributed by atoms with Gasteiger partial charge in [0.1, 0.15) is 5.76 Å². The number of ether oxygens (including phenoxy) is 1. The molecule has 0 N–H and O–H groups in total. The van der Waals surface area contributed by atoms with Crippen molar-refractivity contribution >= 4 is 5.97 Å². The van der Waals surface area contributed by atoms with E-state index < -0.39 is 0 Å². The summed E-state index contributed by atoms with van der Waals surface area (Å²) in [4.78, 5) is 11.6. The zero-order chi connectivity index (χ0) is 11.3. The standard InChI is InChI=1S/C13H14O2/c1-4-10(2)11(3)15-13(14)12-8-6-5-7-9-12/h4-9H,3H2,1-2H3/b10-4+. The maximum atomic E-state index is 11.6. The smallest absolute Gasteiger partial charge is 0.343 e. The zero-order valence-electron chi connectivity index (χ0n) is 8.99. The molecule has 0 aliphatic rings. The van der Waals surface area contributed by atoms with Crippen LogP contribution in [0.1, 0.15) is 24.2 Å². The van der Waals surface area contributed by atoms with Gasteiger partial charge in [0, 0.05) is 0 Å². The molecule has 0 radical (unpaired) electrons. The van der Waals surface area contributed by atoms with E-state index in [1.165, 1.54) is 0 Å². The fourth-order valence-electron chi connectivity index (χ4n) is 0.987. The monoisotopic (exact) mass is 202 g/mol. The normalized spacial score (nSPS) is 10.9. The molecule has 0 saturated heterocycles. The molecule has 0 aromatic heterocycles. The molecular weight excluding hydrogens is 188 g/mol. The lowest BCUT2D eigenvalue weighted by molar-refractivity contribution is 0.0634. The van der Waals surface area contributed by atoms with Gasteiger partial charge in [-0.15, -0.1) is 0 Å². The number of esters is 1. The first-order valence-electron chi connectivity index (χ1n) is 4.74. The van der Waals surface area contributed by atoms with Gasteiger partial charge in [0.2, 0.25) is 0 Å². The van der Waals surface area contributed by atoms with Crippen LogP contribution in [-0.2, 0) is 4.74 Å². The predicted molar refractivity (Wildman–Crippen MR) is 60.4 cm³/mol. The lowest BCUT2D eigenvalue weighted by atomic mass is 10.2. The summed E-state index contributed by atoms with van der Waals surface area (Å²) in [6, 6.07) is 8.85. The van der Waals surface area contributed by atoms with Crippen LogP contribution in [0.15, 0.2) is 54.3 Å². The molecular formula is C13H14O2. The van der Waals surface area contributed by atoms with Crippen molar-refractivity contribution in [3.8, 4) is 0 Å². The van der Waals surface area contributed by atoms with Crippen molar-refractivity contribution < 1.29 is 9.53 Å². The average molecular weight is 202 g/mol. The van der Waals surface area contributed by atoms with Crippen molar-refractivity contribution in [2.24, 2.45) is 0 Å². The molecule has 2 heteroatoms. The van der Waals surface area contributed by atoms with Gasteiger partial charge < -0.3 is 4.74 Å². The van der Waals surface area contributed by atoms with Crippen LogP contribution in [0, 0.1) is 0 Å². The van der Waals surface area contributed by atoms with Gasteiger partial charge in [0.15, 0.2) is 0 Å². The zero-order valence-corrected chi connectivity index (χ0v) is 8.99. The predicted octanol–water partition coefficient (Wildman–Crippen LogP) is 3.32. The number of hydrogen-bond acceptors (Lipinski definition) is 2. The first-order chi connectivity index (χ1) is 7.15. The van der Waals surface area contributed by atoms with Gasteiger partial charge in [-0.1, -0.05) is 30.9 Å². The fourth-order valence-corrected chi connectivity index (χ4v) is 0.987. The molecule has 1 rings (SSSR count). The molecule has 1 aromatic rings. The van der Waals surface area contributed by atoms with E-state index in [1.54, 1.807) is 24.3 Å². The highest BCUT2D eigenvalue weighted by Gasteiger charge is 2.08. The average Bonchev–Trinajstić information content (AvgIpc) is 2.29. The Bertz CT molecular complexity index is 388. The van der Waals surface area contributed by atoms with Crippen molar-refractivity contribution in [1.82, 2.24) is 0 Å². The van der Waals surface area contributed by atoms with Crippen molar-refractivity contribution in [2.45, 2.75) is 13.8 Å². The quantitative estimate of drug-likeness (QED) is 0.427. The third-order valence-electron chi connectivity index (χ3n) is 2.10. The molecule has 0 bridgehead atoms. The molecule has 15 heavy (non-hydrogen) atoms. The minimum Gasteiger partial charge on any atom is -0.423 e. The van der Waals surface area contributed by atoms with Crippen molar-refractivity contribution in [2.75, 3.05) is 0 Å². The Morgan fingerprint density at radius 1 is 1.33 bits per heavy atom. The van der Waals surface area contributed by atoms with Gasteiger partial charge in [0.25, 0.3) is 0 Å². The van der Waals surface area contributed by atoms with Gasteiger partial charge in [-0.25, -0.2) is 4.79 Å². The van der Waals surface area contributed by atoms with Crippen LogP contribution in [-0.4, -0.2) is 5.97 Å². The van der Waals surface area contributed by atoms with E-state index in [1.807, 2.05) is 26.0 Å². The second kappa shape index (κ2) is 5.15. The van der Waals surface area contributed by atoms with Gasteiger partial charge in [0.05, 0.1) is 5.56 Å². The lowest BCUT2D eigenvalue weighted by Gasteiger charge is -2.06. The maximum absolute atomic E-state index is 11.6. The summed E-state index contributed by atoms with van der Waals surface area (Å²) in [7, 11) is 0. The molecule has 0 fully saturated rings. The molecule has 0 saturated carbocycles. The second-order valence-corrected chi connectivity index (χ2v) is 3.15. The minimum atomic E-state index is -0.373. The van der Waals surface area contributed by atoms with Crippen LogP contribution in [0.4, 0.5) is 0 Å². The molecule has 0 heterocycles. The van der Waals surface area contributed by atoms with E-state index in [0.29, 0.717) is 11.3 Å². The minimum absolute atomic E-state index is 0.373. The summed E-state index contributed by atoms with van der Waals surface area (Å²) in [6.45, 7) is 7.40. The summed E-state index contributed by atoms with van der Waals surface area (Å²) in [5.41, 5.74) is 1.39. The molecule has 78 valence electrons. The van der Waals surface area contributed by atoms with E-state index in [0.717, 1.165) is 5.57 Å². The van der Waals surface area contributed by atoms with Crippen LogP contribution in [0.2, 0.25) is 0 Å². The van der Waals surface area contributed by atoms with Crippen LogP contribution in [0.3, 0.4) is 0 Å². The maximum Gasteiger partial charge on any atom is 0.343 e. The highest BCUT2D eigenvalue weighted by atomic mass is 16.5. The number of benzene rings is 1. The van der Waals surface area contributed by atoms with Gasteiger partial charge in [-0.3, -0.25) is 0 Å². The Morgan fingerprint density at radius 2 is 1.93 bits per heavy atom. The molecule has 0 spiro atoms. The van der Waals surface area contributed by atoms with E-state index in [2.05, 4.69) is 6.58 Å². The molecule has 0 amide bonds. The Balaban J connectivity index is 2.69. The second-order valence-electron chi connectivity index (χ2n) is 3.15. The SMILES string of the molecule is C=C(OC(=O)c1ccccc1)/C(C)=C/C. The van der Waals surface area contributed by atoms with E-state index in [9.17, 15) is 4.79 Å². The fraction of sp³-hybridized carbons (Fsp3) is 0.154. The third-order valence-corrected chi connectivity index (χ3v) is 2.10. The van der Waals surface area contributed by atoms with E-state index in [-0.39, 0.29) is 5.97 Å². The van der Waals surface area contributed by atoms with Gasteiger partial charge in [-0.05, 0) is 31.6 Å². The number of hydrogen-bond donors (Lipinski definition) is 0.